The van der Waals surface area contributed by atoms with Crippen molar-refractivity contribution in [3.05, 3.63) is 0 Å². The van der Waals surface area contributed by atoms with E-state index in [1.165, 1.54) is 0 Å². The van der Waals surface area contributed by atoms with Crippen LogP contribution in [0.5, 0.6) is 0 Å². The van der Waals surface area contributed by atoms with Crippen LogP contribution in [0, 0.1) is 5.92 Å². The first-order chi connectivity index (χ1) is 7.89. The summed E-state index contributed by atoms with van der Waals surface area (Å²) in [5, 5.41) is 5.80. The molecule has 1 aliphatic heterocycles. The van der Waals surface area contributed by atoms with Crippen LogP contribution < -0.4 is 10.6 Å². The SMILES string of the molecule is CC(C)CNC(=O)CNC1CCCS(=O)(=O)C1. The van der Waals surface area contributed by atoms with Crippen molar-refractivity contribution >= 4 is 15.7 Å². The summed E-state index contributed by atoms with van der Waals surface area (Å²) in [4.78, 5) is 11.4. The molecule has 1 heterocycles. The Morgan fingerprint density at radius 1 is 1.41 bits per heavy atom. The molecule has 1 rings (SSSR count). The van der Waals surface area contributed by atoms with E-state index in [9.17, 15) is 13.2 Å². The van der Waals surface area contributed by atoms with Crippen LogP contribution in [-0.4, -0.2) is 45.0 Å². The molecule has 100 valence electrons. The van der Waals surface area contributed by atoms with E-state index < -0.39 is 9.84 Å². The normalized spacial score (nSPS) is 23.6. The van der Waals surface area contributed by atoms with Gasteiger partial charge in [-0.05, 0) is 18.8 Å². The lowest BCUT2D eigenvalue weighted by Gasteiger charge is -2.22. The van der Waals surface area contributed by atoms with Crippen molar-refractivity contribution in [1.29, 1.82) is 0 Å². The molecule has 17 heavy (non-hydrogen) atoms. The van der Waals surface area contributed by atoms with Crippen LogP contribution in [-0.2, 0) is 14.6 Å². The zero-order chi connectivity index (χ0) is 12.9. The second kappa shape index (κ2) is 6.35. The molecule has 1 saturated heterocycles. The first-order valence-corrected chi connectivity index (χ1v) is 7.91. The van der Waals surface area contributed by atoms with Crippen molar-refractivity contribution in [2.45, 2.75) is 32.7 Å². The summed E-state index contributed by atoms with van der Waals surface area (Å²) in [5.74, 6) is 0.797. The predicted octanol–water partition coefficient (Wildman–Crippen LogP) is -0.0746. The largest absolute Gasteiger partial charge is 0.355 e. The Morgan fingerprint density at radius 3 is 2.71 bits per heavy atom. The maximum atomic E-state index is 11.4. The summed E-state index contributed by atoms with van der Waals surface area (Å²) >= 11 is 0. The maximum absolute atomic E-state index is 11.4. The van der Waals surface area contributed by atoms with Gasteiger partial charge >= 0.3 is 0 Å². The molecule has 6 heteroatoms. The van der Waals surface area contributed by atoms with Gasteiger partial charge in [0.25, 0.3) is 0 Å². The average molecular weight is 262 g/mol. The third kappa shape index (κ3) is 6.02. The van der Waals surface area contributed by atoms with Crippen LogP contribution in [0.15, 0.2) is 0 Å². The topological polar surface area (TPSA) is 75.3 Å². The van der Waals surface area contributed by atoms with Crippen LogP contribution in [0.1, 0.15) is 26.7 Å². The standard InChI is InChI=1S/C11H22N2O3S/c1-9(2)6-13-11(14)7-12-10-4-3-5-17(15,16)8-10/h9-10,12H,3-8H2,1-2H3,(H,13,14). The summed E-state index contributed by atoms with van der Waals surface area (Å²) in [5.41, 5.74) is 0. The van der Waals surface area contributed by atoms with Gasteiger partial charge in [-0.15, -0.1) is 0 Å². The van der Waals surface area contributed by atoms with Gasteiger partial charge < -0.3 is 10.6 Å². The molecule has 0 aromatic rings. The lowest BCUT2D eigenvalue weighted by atomic mass is 10.2. The molecule has 0 aromatic heterocycles. The zero-order valence-electron chi connectivity index (χ0n) is 10.5. The minimum absolute atomic E-state index is 0.0679. The summed E-state index contributed by atoms with van der Waals surface area (Å²) in [6.07, 6.45) is 1.52. The number of carbonyl (C=O) groups is 1. The van der Waals surface area contributed by atoms with Gasteiger partial charge in [0.1, 0.15) is 0 Å². The van der Waals surface area contributed by atoms with Crippen molar-refractivity contribution < 1.29 is 13.2 Å². The van der Waals surface area contributed by atoms with E-state index in [0.29, 0.717) is 18.9 Å². The first-order valence-electron chi connectivity index (χ1n) is 6.09. The molecule has 0 spiro atoms. The molecule has 1 aliphatic rings. The highest BCUT2D eigenvalue weighted by molar-refractivity contribution is 7.91. The van der Waals surface area contributed by atoms with E-state index >= 15 is 0 Å². The molecule has 0 bridgehead atoms. The third-order valence-corrected chi connectivity index (χ3v) is 4.54. The lowest BCUT2D eigenvalue weighted by molar-refractivity contribution is -0.120. The maximum Gasteiger partial charge on any atom is 0.233 e. The van der Waals surface area contributed by atoms with Crippen molar-refractivity contribution in [3.8, 4) is 0 Å². The monoisotopic (exact) mass is 262 g/mol. The van der Waals surface area contributed by atoms with Crippen LogP contribution in [0.2, 0.25) is 0 Å². The number of hydrogen-bond donors (Lipinski definition) is 2. The number of carbonyl (C=O) groups excluding carboxylic acids is 1. The molecule has 5 nitrogen and oxygen atoms in total. The second-order valence-electron chi connectivity index (χ2n) is 5.03. The minimum atomic E-state index is -2.90. The summed E-state index contributed by atoms with van der Waals surface area (Å²) in [6, 6.07) is -0.0708. The van der Waals surface area contributed by atoms with Crippen LogP contribution in [0.3, 0.4) is 0 Å². The number of amides is 1. The molecule has 0 saturated carbocycles. The Labute approximate surface area is 103 Å². The Morgan fingerprint density at radius 2 is 2.12 bits per heavy atom. The van der Waals surface area contributed by atoms with Crippen LogP contribution >= 0.6 is 0 Å². The Balaban J connectivity index is 2.24. The molecule has 2 N–H and O–H groups in total. The van der Waals surface area contributed by atoms with E-state index in [0.717, 1.165) is 6.42 Å². The van der Waals surface area contributed by atoms with Gasteiger partial charge in [-0.2, -0.15) is 0 Å². The molecule has 0 aliphatic carbocycles. The predicted molar refractivity (Wildman–Crippen MR) is 67.5 cm³/mol. The number of rotatable bonds is 5. The van der Waals surface area contributed by atoms with Gasteiger partial charge in [0.15, 0.2) is 9.84 Å². The highest BCUT2D eigenvalue weighted by Gasteiger charge is 2.24. The molecule has 0 radical (unpaired) electrons. The lowest BCUT2D eigenvalue weighted by Crippen LogP contribution is -2.45. The highest BCUT2D eigenvalue weighted by Crippen LogP contribution is 2.11. The first kappa shape index (κ1) is 14.4. The van der Waals surface area contributed by atoms with E-state index in [4.69, 9.17) is 0 Å². The molecule has 0 aromatic carbocycles. The van der Waals surface area contributed by atoms with Gasteiger partial charge in [-0.3, -0.25) is 4.79 Å². The molecule has 1 unspecified atom stereocenters. The Hall–Kier alpha value is -0.620. The van der Waals surface area contributed by atoms with E-state index in [-0.39, 0.29) is 30.0 Å². The molecular formula is C11H22N2O3S. The molecule has 1 atom stereocenters. The molecule has 1 fully saturated rings. The van der Waals surface area contributed by atoms with Gasteiger partial charge in [-0.25, -0.2) is 8.42 Å². The quantitative estimate of drug-likeness (QED) is 0.727. The van der Waals surface area contributed by atoms with E-state index in [1.807, 2.05) is 13.8 Å². The van der Waals surface area contributed by atoms with Crippen LogP contribution in [0.4, 0.5) is 0 Å². The minimum Gasteiger partial charge on any atom is -0.355 e. The fraction of sp³-hybridized carbons (Fsp3) is 0.909. The van der Waals surface area contributed by atoms with Crippen LogP contribution in [0.25, 0.3) is 0 Å². The summed E-state index contributed by atoms with van der Waals surface area (Å²) < 4.78 is 22.8. The second-order valence-corrected chi connectivity index (χ2v) is 7.26. The summed E-state index contributed by atoms with van der Waals surface area (Å²) in [6.45, 7) is 4.92. The van der Waals surface area contributed by atoms with E-state index in [2.05, 4.69) is 10.6 Å². The fourth-order valence-corrected chi connectivity index (χ4v) is 3.47. The van der Waals surface area contributed by atoms with Gasteiger partial charge in [0.2, 0.25) is 5.91 Å². The zero-order valence-corrected chi connectivity index (χ0v) is 11.3. The third-order valence-electron chi connectivity index (χ3n) is 2.72. The molecule has 1 amide bonds. The van der Waals surface area contributed by atoms with Crippen molar-refractivity contribution in [3.63, 3.8) is 0 Å². The Kier molecular flexibility index (Phi) is 5.39. The molecular weight excluding hydrogens is 240 g/mol. The van der Waals surface area contributed by atoms with Crippen molar-refractivity contribution in [2.24, 2.45) is 5.92 Å². The number of hydrogen-bond acceptors (Lipinski definition) is 4. The van der Waals surface area contributed by atoms with Crippen molar-refractivity contribution in [1.82, 2.24) is 10.6 Å². The summed E-state index contributed by atoms with van der Waals surface area (Å²) in [7, 11) is -2.90. The fourth-order valence-electron chi connectivity index (χ4n) is 1.80. The van der Waals surface area contributed by atoms with E-state index in [1.54, 1.807) is 0 Å². The highest BCUT2D eigenvalue weighted by atomic mass is 32.2. The number of nitrogens with one attached hydrogen (secondary N) is 2. The number of sulfone groups is 1. The van der Waals surface area contributed by atoms with Crippen molar-refractivity contribution in [2.75, 3.05) is 24.6 Å². The van der Waals surface area contributed by atoms with Gasteiger partial charge in [0.05, 0.1) is 18.1 Å². The average Bonchev–Trinajstić information content (AvgIpc) is 2.22. The smallest absolute Gasteiger partial charge is 0.233 e. The van der Waals surface area contributed by atoms with Gasteiger partial charge in [0, 0.05) is 12.6 Å². The van der Waals surface area contributed by atoms with Gasteiger partial charge in [-0.1, -0.05) is 13.8 Å². The Bertz CT molecular complexity index is 352.